The highest BCUT2D eigenvalue weighted by molar-refractivity contribution is 7.92. The molecule has 3 atom stereocenters. The zero-order valence-electron chi connectivity index (χ0n) is 12.4. The van der Waals surface area contributed by atoms with Crippen LogP contribution < -0.4 is 5.32 Å². The van der Waals surface area contributed by atoms with Crippen molar-refractivity contribution in [1.82, 2.24) is 5.32 Å². The van der Waals surface area contributed by atoms with Crippen molar-refractivity contribution in [2.24, 2.45) is 11.8 Å². The fraction of sp³-hybridized carbons (Fsp3) is 1.00. The van der Waals surface area contributed by atoms with E-state index in [0.717, 1.165) is 32.2 Å². The molecule has 0 radical (unpaired) electrons. The van der Waals surface area contributed by atoms with E-state index in [1.807, 2.05) is 0 Å². The Morgan fingerprint density at radius 1 is 1.21 bits per heavy atom. The van der Waals surface area contributed by atoms with E-state index >= 15 is 0 Å². The Kier molecular flexibility index (Phi) is 5.29. The monoisotopic (exact) mass is 287 g/mol. The van der Waals surface area contributed by atoms with E-state index in [-0.39, 0.29) is 11.3 Å². The van der Waals surface area contributed by atoms with E-state index in [2.05, 4.69) is 19.2 Å². The predicted molar refractivity (Wildman–Crippen MR) is 80.0 cm³/mol. The topological polar surface area (TPSA) is 46.2 Å². The summed E-state index contributed by atoms with van der Waals surface area (Å²) in [5, 5.41) is 3.39. The Morgan fingerprint density at radius 2 is 1.95 bits per heavy atom. The zero-order chi connectivity index (χ0) is 13.9. The zero-order valence-corrected chi connectivity index (χ0v) is 13.2. The molecule has 0 aromatic heterocycles. The Bertz CT molecular complexity index is 376. The quantitative estimate of drug-likeness (QED) is 0.783. The van der Waals surface area contributed by atoms with Crippen LogP contribution >= 0.6 is 0 Å². The molecule has 2 rings (SSSR count). The van der Waals surface area contributed by atoms with Crippen molar-refractivity contribution in [3.63, 3.8) is 0 Å². The van der Waals surface area contributed by atoms with Gasteiger partial charge < -0.3 is 5.32 Å². The molecule has 0 aromatic carbocycles. The summed E-state index contributed by atoms with van der Waals surface area (Å²) < 4.78 is 25.2. The Labute approximate surface area is 118 Å². The molecule has 3 nitrogen and oxygen atoms in total. The summed E-state index contributed by atoms with van der Waals surface area (Å²) in [6, 6.07) is 0.210. The van der Waals surface area contributed by atoms with Crippen molar-refractivity contribution < 1.29 is 8.42 Å². The lowest BCUT2D eigenvalue weighted by molar-refractivity contribution is 0.379. The maximum atomic E-state index is 12.6. The van der Waals surface area contributed by atoms with Crippen LogP contribution in [0.4, 0.5) is 0 Å². The lowest BCUT2D eigenvalue weighted by atomic mass is 9.91. The minimum Gasteiger partial charge on any atom is -0.313 e. The molecular weight excluding hydrogens is 258 g/mol. The standard InChI is InChI=1S/C15H29NO2S/c1-3-9-16-15(13-7-8-13)11-19(17,18)14-6-4-5-12(2)10-14/h12-16H,3-11H2,1-2H3. The maximum Gasteiger partial charge on any atom is 0.154 e. The molecule has 0 amide bonds. The molecule has 2 aliphatic rings. The third-order valence-corrected chi connectivity index (χ3v) is 6.92. The molecule has 2 saturated carbocycles. The van der Waals surface area contributed by atoms with Gasteiger partial charge in [0.25, 0.3) is 0 Å². The number of hydrogen-bond donors (Lipinski definition) is 1. The van der Waals surface area contributed by atoms with E-state index in [4.69, 9.17) is 0 Å². The van der Waals surface area contributed by atoms with Crippen molar-refractivity contribution in [1.29, 1.82) is 0 Å². The molecule has 0 bridgehead atoms. The lowest BCUT2D eigenvalue weighted by Gasteiger charge is -2.28. The van der Waals surface area contributed by atoms with Crippen LogP contribution in [0.3, 0.4) is 0 Å². The van der Waals surface area contributed by atoms with Gasteiger partial charge in [0.05, 0.1) is 11.0 Å². The highest BCUT2D eigenvalue weighted by Crippen LogP contribution is 2.35. The van der Waals surface area contributed by atoms with Gasteiger partial charge in [-0.25, -0.2) is 8.42 Å². The van der Waals surface area contributed by atoms with Crippen LogP contribution in [0.2, 0.25) is 0 Å². The van der Waals surface area contributed by atoms with Crippen molar-refractivity contribution in [2.75, 3.05) is 12.3 Å². The van der Waals surface area contributed by atoms with Crippen molar-refractivity contribution in [3.8, 4) is 0 Å². The Hall–Kier alpha value is -0.0900. The maximum absolute atomic E-state index is 12.6. The van der Waals surface area contributed by atoms with Crippen molar-refractivity contribution in [3.05, 3.63) is 0 Å². The van der Waals surface area contributed by atoms with E-state index in [9.17, 15) is 8.42 Å². The molecule has 0 aliphatic heterocycles. The molecule has 0 spiro atoms. The van der Waals surface area contributed by atoms with Gasteiger partial charge in [0.15, 0.2) is 9.84 Å². The molecule has 19 heavy (non-hydrogen) atoms. The van der Waals surface area contributed by atoms with Gasteiger partial charge in [-0.15, -0.1) is 0 Å². The Morgan fingerprint density at radius 3 is 2.53 bits per heavy atom. The molecule has 2 aliphatic carbocycles. The summed E-state index contributed by atoms with van der Waals surface area (Å²) in [5.74, 6) is 1.56. The van der Waals surface area contributed by atoms with E-state index in [0.29, 0.717) is 17.6 Å². The van der Waals surface area contributed by atoms with Crippen LogP contribution in [-0.2, 0) is 9.84 Å². The van der Waals surface area contributed by atoms with Crippen LogP contribution in [0.5, 0.6) is 0 Å². The summed E-state index contributed by atoms with van der Waals surface area (Å²) in [6.07, 6.45) is 7.54. The third-order valence-electron chi connectivity index (χ3n) is 4.66. The number of rotatable bonds is 7. The van der Waals surface area contributed by atoms with Crippen LogP contribution in [-0.4, -0.2) is 32.0 Å². The molecule has 3 unspecified atom stereocenters. The molecule has 0 saturated heterocycles. The van der Waals surface area contributed by atoms with Gasteiger partial charge in [-0.1, -0.05) is 26.7 Å². The van der Waals surface area contributed by atoms with Crippen molar-refractivity contribution >= 4 is 9.84 Å². The van der Waals surface area contributed by atoms with Gasteiger partial charge in [0.1, 0.15) is 0 Å². The minimum atomic E-state index is -2.91. The van der Waals surface area contributed by atoms with Gasteiger partial charge in [0.2, 0.25) is 0 Å². The fourth-order valence-electron chi connectivity index (χ4n) is 3.28. The van der Waals surface area contributed by atoms with Crippen molar-refractivity contribution in [2.45, 2.75) is 70.1 Å². The van der Waals surface area contributed by atoms with Gasteiger partial charge in [-0.2, -0.15) is 0 Å². The van der Waals surface area contributed by atoms with Crippen LogP contribution in [0, 0.1) is 11.8 Å². The SMILES string of the molecule is CCCNC(CS(=O)(=O)C1CCCC(C)C1)C1CC1. The second-order valence-corrected chi connectivity index (χ2v) is 8.95. The second-order valence-electron chi connectivity index (χ2n) is 6.62. The van der Waals surface area contributed by atoms with E-state index in [1.165, 1.54) is 19.3 Å². The highest BCUT2D eigenvalue weighted by atomic mass is 32.2. The molecule has 2 fully saturated rings. The minimum absolute atomic E-state index is 0.0686. The van der Waals surface area contributed by atoms with E-state index < -0.39 is 9.84 Å². The Balaban J connectivity index is 1.93. The second kappa shape index (κ2) is 6.57. The van der Waals surface area contributed by atoms with Crippen LogP contribution in [0.25, 0.3) is 0 Å². The first-order valence-corrected chi connectivity index (χ1v) is 9.69. The van der Waals surface area contributed by atoms with Gasteiger partial charge >= 0.3 is 0 Å². The summed E-state index contributed by atoms with van der Waals surface area (Å²) in [6.45, 7) is 5.27. The summed E-state index contributed by atoms with van der Waals surface area (Å²) in [5.41, 5.74) is 0. The summed E-state index contributed by atoms with van der Waals surface area (Å²) in [4.78, 5) is 0. The molecular formula is C15H29NO2S. The lowest BCUT2D eigenvalue weighted by Crippen LogP contribution is -2.41. The average Bonchev–Trinajstić information content (AvgIpc) is 3.18. The van der Waals surface area contributed by atoms with Gasteiger partial charge in [0, 0.05) is 6.04 Å². The summed E-state index contributed by atoms with van der Waals surface area (Å²) in [7, 11) is -2.91. The molecule has 4 heteroatoms. The average molecular weight is 287 g/mol. The molecule has 1 N–H and O–H groups in total. The fourth-order valence-corrected chi connectivity index (χ4v) is 5.59. The number of nitrogens with one attached hydrogen (secondary N) is 1. The van der Waals surface area contributed by atoms with Crippen LogP contribution in [0.15, 0.2) is 0 Å². The third kappa shape index (κ3) is 4.45. The number of sulfone groups is 1. The molecule has 112 valence electrons. The largest absolute Gasteiger partial charge is 0.313 e. The van der Waals surface area contributed by atoms with E-state index in [1.54, 1.807) is 0 Å². The molecule has 0 heterocycles. The number of hydrogen-bond acceptors (Lipinski definition) is 3. The van der Waals surface area contributed by atoms with Gasteiger partial charge in [-0.3, -0.25) is 0 Å². The first-order valence-electron chi connectivity index (χ1n) is 7.98. The van der Waals surface area contributed by atoms with Gasteiger partial charge in [-0.05, 0) is 50.5 Å². The first-order chi connectivity index (χ1) is 9.03. The van der Waals surface area contributed by atoms with Crippen LogP contribution in [0.1, 0.15) is 58.8 Å². The summed E-state index contributed by atoms with van der Waals surface area (Å²) >= 11 is 0. The molecule has 0 aromatic rings. The smallest absolute Gasteiger partial charge is 0.154 e. The predicted octanol–water partition coefficient (Wildman–Crippen LogP) is 2.76. The normalized spacial score (nSPS) is 30.2. The highest BCUT2D eigenvalue weighted by Gasteiger charge is 2.37. The first kappa shape index (κ1) is 15.3.